The van der Waals surface area contributed by atoms with Crippen molar-refractivity contribution in [2.45, 2.75) is 64.8 Å². The minimum absolute atomic E-state index is 0.646. The standard InChI is InChI=1S/C17H30N2O/c1-2-3-4-5-6-7-8-11-14-20-17-13-10-9-12-16(17)15-19-18/h9-10,12-13,19H,2-8,11,14-15,18H2,1H3. The van der Waals surface area contributed by atoms with Crippen molar-refractivity contribution >= 4 is 0 Å². The monoisotopic (exact) mass is 278 g/mol. The van der Waals surface area contributed by atoms with Crippen molar-refractivity contribution in [1.29, 1.82) is 0 Å². The van der Waals surface area contributed by atoms with Gasteiger partial charge in [-0.25, -0.2) is 0 Å². The highest BCUT2D eigenvalue weighted by Gasteiger charge is 2.01. The molecule has 20 heavy (non-hydrogen) atoms. The maximum absolute atomic E-state index is 5.84. The van der Waals surface area contributed by atoms with Gasteiger partial charge in [0.05, 0.1) is 6.61 Å². The van der Waals surface area contributed by atoms with Gasteiger partial charge in [0.25, 0.3) is 0 Å². The molecule has 0 bridgehead atoms. The van der Waals surface area contributed by atoms with Gasteiger partial charge in [0.15, 0.2) is 0 Å². The maximum atomic E-state index is 5.84. The van der Waals surface area contributed by atoms with Crippen LogP contribution >= 0.6 is 0 Å². The molecule has 0 unspecified atom stereocenters. The molecule has 0 aliphatic rings. The van der Waals surface area contributed by atoms with Crippen molar-refractivity contribution in [3.8, 4) is 5.75 Å². The van der Waals surface area contributed by atoms with Crippen LogP contribution in [0.25, 0.3) is 0 Å². The lowest BCUT2D eigenvalue weighted by Crippen LogP contribution is -2.21. The van der Waals surface area contributed by atoms with Gasteiger partial charge >= 0.3 is 0 Å². The van der Waals surface area contributed by atoms with Crippen molar-refractivity contribution in [3.05, 3.63) is 29.8 Å². The van der Waals surface area contributed by atoms with E-state index < -0.39 is 0 Å². The van der Waals surface area contributed by atoms with Crippen LogP contribution in [0, 0.1) is 0 Å². The number of hydrazine groups is 1. The molecule has 3 nitrogen and oxygen atoms in total. The van der Waals surface area contributed by atoms with Crippen LogP contribution in [0.2, 0.25) is 0 Å². The van der Waals surface area contributed by atoms with Gasteiger partial charge in [-0.05, 0) is 12.5 Å². The zero-order valence-electron chi connectivity index (χ0n) is 12.9. The number of ether oxygens (including phenoxy) is 1. The molecule has 0 aliphatic heterocycles. The molecule has 0 aliphatic carbocycles. The van der Waals surface area contributed by atoms with Crippen molar-refractivity contribution in [1.82, 2.24) is 5.43 Å². The van der Waals surface area contributed by atoms with E-state index in [9.17, 15) is 0 Å². The number of unbranched alkanes of at least 4 members (excludes halogenated alkanes) is 7. The molecule has 0 aromatic heterocycles. The Morgan fingerprint density at radius 3 is 2.30 bits per heavy atom. The van der Waals surface area contributed by atoms with Gasteiger partial charge in [0, 0.05) is 12.1 Å². The molecule has 0 radical (unpaired) electrons. The zero-order chi connectivity index (χ0) is 14.5. The summed E-state index contributed by atoms with van der Waals surface area (Å²) in [6, 6.07) is 8.07. The van der Waals surface area contributed by atoms with E-state index in [4.69, 9.17) is 10.6 Å². The first-order chi connectivity index (χ1) is 9.88. The highest BCUT2D eigenvalue weighted by molar-refractivity contribution is 5.33. The van der Waals surface area contributed by atoms with E-state index in [1.807, 2.05) is 24.3 Å². The fourth-order valence-electron chi connectivity index (χ4n) is 2.32. The highest BCUT2D eigenvalue weighted by Crippen LogP contribution is 2.18. The summed E-state index contributed by atoms with van der Waals surface area (Å²) in [5.41, 5.74) is 3.80. The van der Waals surface area contributed by atoms with E-state index in [0.717, 1.165) is 24.3 Å². The topological polar surface area (TPSA) is 47.3 Å². The highest BCUT2D eigenvalue weighted by atomic mass is 16.5. The summed E-state index contributed by atoms with van der Waals surface area (Å²) in [5, 5.41) is 0. The lowest BCUT2D eigenvalue weighted by atomic mass is 10.1. The number of hydrogen-bond acceptors (Lipinski definition) is 3. The van der Waals surface area contributed by atoms with Crippen molar-refractivity contribution < 1.29 is 4.74 Å². The Hall–Kier alpha value is -1.06. The summed E-state index contributed by atoms with van der Waals surface area (Å²) in [6.07, 6.45) is 10.6. The number of nitrogens with two attached hydrogens (primary N) is 1. The first kappa shape index (κ1) is 17.0. The third kappa shape index (κ3) is 7.51. The molecule has 1 aromatic rings. The van der Waals surface area contributed by atoms with Gasteiger partial charge < -0.3 is 4.74 Å². The molecule has 0 amide bonds. The Bertz CT molecular complexity index is 342. The summed E-state index contributed by atoms with van der Waals surface area (Å²) < 4.78 is 5.84. The zero-order valence-corrected chi connectivity index (χ0v) is 12.9. The molecule has 3 N–H and O–H groups in total. The number of benzene rings is 1. The first-order valence-corrected chi connectivity index (χ1v) is 8.02. The lowest BCUT2D eigenvalue weighted by molar-refractivity contribution is 0.300. The first-order valence-electron chi connectivity index (χ1n) is 8.02. The number of nitrogens with one attached hydrogen (secondary N) is 1. The Balaban J connectivity index is 2.06. The van der Waals surface area contributed by atoms with Crippen LogP contribution in [-0.2, 0) is 6.54 Å². The smallest absolute Gasteiger partial charge is 0.123 e. The van der Waals surface area contributed by atoms with E-state index in [-0.39, 0.29) is 0 Å². The molecule has 0 heterocycles. The van der Waals surface area contributed by atoms with Crippen LogP contribution < -0.4 is 16.0 Å². The Morgan fingerprint density at radius 2 is 1.60 bits per heavy atom. The van der Waals surface area contributed by atoms with E-state index in [1.54, 1.807) is 0 Å². The Morgan fingerprint density at radius 1 is 0.950 bits per heavy atom. The lowest BCUT2D eigenvalue weighted by Gasteiger charge is -2.11. The second kappa shape index (κ2) is 11.7. The fourth-order valence-corrected chi connectivity index (χ4v) is 2.32. The van der Waals surface area contributed by atoms with E-state index in [0.29, 0.717) is 6.54 Å². The quantitative estimate of drug-likeness (QED) is 0.343. The number of para-hydroxylation sites is 1. The summed E-state index contributed by atoms with van der Waals surface area (Å²) >= 11 is 0. The predicted octanol–water partition coefficient (Wildman–Crippen LogP) is 4.17. The summed E-state index contributed by atoms with van der Waals surface area (Å²) in [4.78, 5) is 0. The SMILES string of the molecule is CCCCCCCCCCOc1ccccc1CNN. The summed E-state index contributed by atoms with van der Waals surface area (Å²) in [7, 11) is 0. The molecule has 1 aromatic carbocycles. The minimum Gasteiger partial charge on any atom is -0.493 e. The van der Waals surface area contributed by atoms with Gasteiger partial charge in [0.1, 0.15) is 5.75 Å². The largest absolute Gasteiger partial charge is 0.493 e. The molecule has 0 fully saturated rings. The molecule has 0 atom stereocenters. The van der Waals surface area contributed by atoms with E-state index >= 15 is 0 Å². The second-order valence-electron chi connectivity index (χ2n) is 5.31. The normalized spacial score (nSPS) is 10.7. The van der Waals surface area contributed by atoms with Gasteiger partial charge in [-0.3, -0.25) is 11.3 Å². The van der Waals surface area contributed by atoms with Gasteiger partial charge in [-0.15, -0.1) is 0 Å². The van der Waals surface area contributed by atoms with Gasteiger partial charge in [-0.2, -0.15) is 0 Å². The van der Waals surface area contributed by atoms with Crippen LogP contribution in [-0.4, -0.2) is 6.61 Å². The molecule has 0 spiro atoms. The average molecular weight is 278 g/mol. The molecule has 3 heteroatoms. The maximum Gasteiger partial charge on any atom is 0.123 e. The van der Waals surface area contributed by atoms with Gasteiger partial charge in [-0.1, -0.05) is 70.1 Å². The molecule has 0 saturated carbocycles. The molecular weight excluding hydrogens is 248 g/mol. The van der Waals surface area contributed by atoms with Crippen molar-refractivity contribution in [2.24, 2.45) is 5.84 Å². The molecule has 0 saturated heterocycles. The summed E-state index contributed by atoms with van der Waals surface area (Å²) in [5.74, 6) is 6.32. The predicted molar refractivity (Wildman–Crippen MR) is 85.6 cm³/mol. The third-order valence-electron chi connectivity index (χ3n) is 3.52. The van der Waals surface area contributed by atoms with Gasteiger partial charge in [0.2, 0.25) is 0 Å². The molecule has 1 rings (SSSR count). The second-order valence-corrected chi connectivity index (χ2v) is 5.31. The van der Waals surface area contributed by atoms with Crippen LogP contribution in [0.3, 0.4) is 0 Å². The average Bonchev–Trinajstić information content (AvgIpc) is 2.47. The Labute approximate surface area is 123 Å². The van der Waals surface area contributed by atoms with Crippen LogP contribution in [0.15, 0.2) is 24.3 Å². The minimum atomic E-state index is 0.646. The van der Waals surface area contributed by atoms with E-state index in [1.165, 1.54) is 44.9 Å². The van der Waals surface area contributed by atoms with Crippen molar-refractivity contribution in [2.75, 3.05) is 6.61 Å². The fraction of sp³-hybridized carbons (Fsp3) is 0.647. The third-order valence-corrected chi connectivity index (χ3v) is 3.52. The summed E-state index contributed by atoms with van der Waals surface area (Å²) in [6.45, 7) is 3.71. The Kier molecular flexibility index (Phi) is 9.98. The van der Waals surface area contributed by atoms with E-state index in [2.05, 4.69) is 12.3 Å². The number of rotatable bonds is 12. The molecular formula is C17H30N2O. The van der Waals surface area contributed by atoms with Crippen LogP contribution in [0.5, 0.6) is 5.75 Å². The van der Waals surface area contributed by atoms with Crippen molar-refractivity contribution in [3.63, 3.8) is 0 Å². The number of hydrogen-bond donors (Lipinski definition) is 2. The molecule has 114 valence electrons. The van der Waals surface area contributed by atoms with Crippen LogP contribution in [0.1, 0.15) is 63.9 Å². The van der Waals surface area contributed by atoms with Crippen LogP contribution in [0.4, 0.5) is 0 Å².